The third-order valence-electron chi connectivity index (χ3n) is 6.03. The minimum atomic E-state index is -2.46. The zero-order valence-electron chi connectivity index (χ0n) is 20.4. The van der Waals surface area contributed by atoms with Gasteiger partial charge in [0, 0.05) is 6.61 Å². The van der Waals surface area contributed by atoms with Crippen molar-refractivity contribution in [2.75, 3.05) is 13.7 Å². The number of rotatable bonds is 10. The molecule has 0 bridgehead atoms. The van der Waals surface area contributed by atoms with Crippen molar-refractivity contribution >= 4 is 24.3 Å². The topological polar surface area (TPSA) is 18.5 Å². The second-order valence-electron chi connectivity index (χ2n) is 9.31. The fourth-order valence-corrected chi connectivity index (χ4v) is 8.93. The summed E-state index contributed by atoms with van der Waals surface area (Å²) in [6, 6.07) is 29.6. The average molecular weight is 457 g/mol. The fourth-order valence-electron chi connectivity index (χ4n) is 4.35. The number of methoxy groups -OCH3 is 1. The molecule has 0 heterocycles. The van der Waals surface area contributed by atoms with Crippen molar-refractivity contribution in [2.45, 2.75) is 38.7 Å². The van der Waals surface area contributed by atoms with Gasteiger partial charge >= 0.3 is 0 Å². The molecule has 0 aromatic heterocycles. The van der Waals surface area contributed by atoms with Crippen LogP contribution in [0.1, 0.15) is 39.2 Å². The van der Waals surface area contributed by atoms with Crippen molar-refractivity contribution < 1.29 is 9.16 Å². The van der Waals surface area contributed by atoms with E-state index in [4.69, 9.17) is 9.16 Å². The Balaban J connectivity index is 1.71. The van der Waals surface area contributed by atoms with Gasteiger partial charge in [-0.1, -0.05) is 112 Å². The maximum Gasteiger partial charge on any atom is 0.261 e. The molecule has 0 spiro atoms. The molecule has 0 aliphatic rings. The second kappa shape index (κ2) is 11.3. The molecule has 0 unspecified atom stereocenters. The molecule has 3 aromatic carbocycles. The minimum absolute atomic E-state index is 0.0000717. The Morgan fingerprint density at radius 2 is 1.45 bits per heavy atom. The molecule has 0 amide bonds. The van der Waals surface area contributed by atoms with Crippen molar-refractivity contribution in [2.24, 2.45) is 0 Å². The monoisotopic (exact) mass is 456 g/mol. The Kier molecular flexibility index (Phi) is 8.48. The quantitative estimate of drug-likeness (QED) is 0.194. The second-order valence-corrected chi connectivity index (χ2v) is 13.6. The van der Waals surface area contributed by atoms with Crippen molar-refractivity contribution in [3.8, 4) is 5.75 Å². The van der Waals surface area contributed by atoms with E-state index in [1.165, 1.54) is 10.4 Å². The highest BCUT2D eigenvalue weighted by molar-refractivity contribution is 6.99. The summed E-state index contributed by atoms with van der Waals surface area (Å²) in [5.41, 5.74) is 2.20. The van der Waals surface area contributed by atoms with E-state index in [9.17, 15) is 0 Å². The first-order chi connectivity index (χ1) is 15.9. The normalized spacial score (nSPS) is 12.1. The predicted molar refractivity (Wildman–Crippen MR) is 144 cm³/mol. The van der Waals surface area contributed by atoms with Gasteiger partial charge in [-0.3, -0.25) is 0 Å². The van der Waals surface area contributed by atoms with Crippen molar-refractivity contribution in [3.63, 3.8) is 0 Å². The smallest absolute Gasteiger partial charge is 0.261 e. The molecule has 0 fully saturated rings. The van der Waals surface area contributed by atoms with Crippen LogP contribution in [0.4, 0.5) is 0 Å². The first kappa shape index (κ1) is 24.8. The summed E-state index contributed by atoms with van der Waals surface area (Å²) < 4.78 is 12.3. The van der Waals surface area contributed by atoms with Crippen LogP contribution in [-0.2, 0) is 4.43 Å². The molecule has 0 aliphatic carbocycles. The lowest BCUT2D eigenvalue weighted by Gasteiger charge is -2.43. The molecule has 2 nitrogen and oxygen atoms in total. The molecule has 33 heavy (non-hydrogen) atoms. The van der Waals surface area contributed by atoms with Crippen LogP contribution in [0, 0.1) is 0 Å². The van der Waals surface area contributed by atoms with Crippen molar-refractivity contribution in [3.05, 3.63) is 109 Å². The summed E-state index contributed by atoms with van der Waals surface area (Å²) in [5.74, 6) is 0.858. The zero-order chi connectivity index (χ0) is 23.7. The van der Waals surface area contributed by atoms with Crippen LogP contribution in [0.25, 0.3) is 5.57 Å². The molecule has 3 heteroatoms. The van der Waals surface area contributed by atoms with E-state index in [1.54, 1.807) is 7.11 Å². The molecule has 3 rings (SSSR count). The van der Waals surface area contributed by atoms with E-state index in [-0.39, 0.29) is 5.04 Å². The van der Waals surface area contributed by atoms with Gasteiger partial charge in [0.2, 0.25) is 0 Å². The van der Waals surface area contributed by atoms with Gasteiger partial charge in [0.25, 0.3) is 8.32 Å². The van der Waals surface area contributed by atoms with Gasteiger partial charge in [-0.25, -0.2) is 0 Å². The number of benzene rings is 3. The highest BCUT2D eigenvalue weighted by atomic mass is 28.4. The third kappa shape index (κ3) is 5.92. The molecular weight excluding hydrogens is 420 g/mol. The molecule has 0 saturated heterocycles. The van der Waals surface area contributed by atoms with Crippen LogP contribution in [0.3, 0.4) is 0 Å². The molecular formula is C30H36O2Si. The van der Waals surface area contributed by atoms with Crippen molar-refractivity contribution in [1.82, 2.24) is 0 Å². The Morgan fingerprint density at radius 1 is 0.848 bits per heavy atom. The van der Waals surface area contributed by atoms with Crippen LogP contribution in [-0.4, -0.2) is 22.0 Å². The van der Waals surface area contributed by atoms with Crippen LogP contribution in [0.2, 0.25) is 5.04 Å². The van der Waals surface area contributed by atoms with E-state index >= 15 is 0 Å². The first-order valence-electron chi connectivity index (χ1n) is 11.6. The van der Waals surface area contributed by atoms with Gasteiger partial charge in [-0.05, 0) is 51.5 Å². The van der Waals surface area contributed by atoms with Crippen molar-refractivity contribution in [1.29, 1.82) is 0 Å². The summed E-state index contributed by atoms with van der Waals surface area (Å²) in [7, 11) is -0.772. The summed E-state index contributed by atoms with van der Waals surface area (Å²) in [6.45, 7) is 11.9. The van der Waals surface area contributed by atoms with Gasteiger partial charge < -0.3 is 9.16 Å². The van der Waals surface area contributed by atoms with E-state index in [0.717, 1.165) is 29.7 Å². The van der Waals surface area contributed by atoms with E-state index in [0.29, 0.717) is 6.61 Å². The Morgan fingerprint density at radius 3 is 2.00 bits per heavy atom. The Bertz CT molecular complexity index is 1010. The minimum Gasteiger partial charge on any atom is -0.497 e. The van der Waals surface area contributed by atoms with Crippen LogP contribution >= 0.6 is 0 Å². The lowest BCUT2D eigenvalue weighted by Crippen LogP contribution is -2.66. The highest BCUT2D eigenvalue weighted by Crippen LogP contribution is 2.36. The number of ether oxygens (including phenoxy) is 1. The lowest BCUT2D eigenvalue weighted by molar-refractivity contribution is 0.304. The van der Waals surface area contributed by atoms with E-state index in [1.807, 2.05) is 18.2 Å². The number of hydrogen-bond donors (Lipinski definition) is 0. The maximum atomic E-state index is 6.94. The third-order valence-corrected chi connectivity index (χ3v) is 11.1. The molecule has 0 aliphatic heterocycles. The van der Waals surface area contributed by atoms with E-state index < -0.39 is 8.32 Å². The van der Waals surface area contributed by atoms with Gasteiger partial charge in [-0.2, -0.15) is 0 Å². The Hall–Kier alpha value is -2.88. The highest BCUT2D eigenvalue weighted by Gasteiger charge is 2.49. The summed E-state index contributed by atoms with van der Waals surface area (Å²) in [5, 5.41) is 2.64. The lowest BCUT2D eigenvalue weighted by atomic mass is 10.0. The first-order valence-corrected chi connectivity index (χ1v) is 13.5. The summed E-state index contributed by atoms with van der Waals surface area (Å²) >= 11 is 0. The fraction of sp³-hybridized carbons (Fsp3) is 0.267. The largest absolute Gasteiger partial charge is 0.497 e. The maximum absolute atomic E-state index is 6.94. The number of allylic oxidation sites excluding steroid dienone is 2. The van der Waals surface area contributed by atoms with Crippen LogP contribution in [0.5, 0.6) is 5.75 Å². The SMILES string of the molecule is C=C(C/C=C/CCO[Si](c1ccccc1)(c1ccccc1)C(C)(C)C)c1cccc(OC)c1. The number of hydrogen-bond acceptors (Lipinski definition) is 2. The van der Waals surface area contributed by atoms with E-state index in [2.05, 4.69) is 106 Å². The molecule has 0 atom stereocenters. The Labute approximate surface area is 200 Å². The molecule has 0 N–H and O–H groups in total. The molecule has 0 radical (unpaired) electrons. The van der Waals surface area contributed by atoms with Gasteiger partial charge in [0.05, 0.1) is 7.11 Å². The zero-order valence-corrected chi connectivity index (χ0v) is 21.4. The van der Waals surface area contributed by atoms with Gasteiger partial charge in [-0.15, -0.1) is 0 Å². The average Bonchev–Trinajstić information content (AvgIpc) is 2.84. The predicted octanol–water partition coefficient (Wildman–Crippen LogP) is 6.62. The summed E-state index contributed by atoms with van der Waals surface area (Å²) in [4.78, 5) is 0. The van der Waals surface area contributed by atoms with Gasteiger partial charge in [0.15, 0.2) is 0 Å². The molecule has 172 valence electrons. The standard InChI is InChI=1S/C30H36O2Si/c1-25(26-17-15-18-27(24-26)31-5)16-9-8-14-23-32-33(30(2,3)4,28-19-10-6-11-20-28)29-21-12-7-13-22-29/h6-13,15,17-22,24H,1,14,16,23H2,2-5H3/b9-8+. The van der Waals surface area contributed by atoms with Crippen LogP contribution < -0.4 is 15.1 Å². The molecule has 0 saturated carbocycles. The summed E-state index contributed by atoms with van der Waals surface area (Å²) in [6.07, 6.45) is 6.09. The van der Waals surface area contributed by atoms with Crippen LogP contribution in [0.15, 0.2) is 104 Å². The van der Waals surface area contributed by atoms with Gasteiger partial charge in [0.1, 0.15) is 5.75 Å². The molecule has 3 aromatic rings.